The smallest absolute Gasteiger partial charge is 0.251 e. The van der Waals surface area contributed by atoms with Gasteiger partial charge in [0.1, 0.15) is 0 Å². The van der Waals surface area contributed by atoms with Crippen molar-refractivity contribution in [3.05, 3.63) is 59.7 Å². The van der Waals surface area contributed by atoms with Crippen molar-refractivity contribution in [2.45, 2.75) is 57.5 Å². The lowest BCUT2D eigenvalue weighted by Gasteiger charge is -2.33. The van der Waals surface area contributed by atoms with Gasteiger partial charge in [-0.05, 0) is 61.2 Å². The van der Waals surface area contributed by atoms with Crippen molar-refractivity contribution < 1.29 is 14.4 Å². The van der Waals surface area contributed by atoms with Gasteiger partial charge in [-0.1, -0.05) is 31.4 Å². The van der Waals surface area contributed by atoms with E-state index in [1.54, 1.807) is 29.2 Å². The lowest BCUT2D eigenvalue weighted by atomic mass is 9.94. The number of amides is 3. The van der Waals surface area contributed by atoms with Crippen LogP contribution in [-0.4, -0.2) is 43.9 Å². The third kappa shape index (κ3) is 5.95. The molecule has 2 N–H and O–H groups in total. The zero-order chi connectivity index (χ0) is 23.9. The molecule has 180 valence electrons. The molecule has 0 unspecified atom stereocenters. The van der Waals surface area contributed by atoms with E-state index < -0.39 is 0 Å². The fraction of sp³-hybridized carbons (Fsp3) is 0.444. The molecule has 1 aliphatic carbocycles. The number of nitrogens with zero attached hydrogens (tertiary/aromatic N) is 2. The minimum absolute atomic E-state index is 0.0896. The number of carbonyl (C=O) groups excluding carboxylic acids is 3. The van der Waals surface area contributed by atoms with Crippen molar-refractivity contribution in [2.24, 2.45) is 0 Å². The van der Waals surface area contributed by atoms with Crippen LogP contribution in [0.2, 0.25) is 0 Å². The predicted octanol–water partition coefficient (Wildman–Crippen LogP) is 3.63. The SMILES string of the molecule is CN(c1ccc(CNC(=O)CNC(=O)c2ccc(N3CCCC3=O)cc2)cc1)C1CCCCC1. The molecule has 1 heterocycles. The van der Waals surface area contributed by atoms with Gasteiger partial charge < -0.3 is 20.4 Å². The van der Waals surface area contributed by atoms with Crippen LogP contribution in [0.4, 0.5) is 11.4 Å². The molecule has 0 aromatic heterocycles. The highest BCUT2D eigenvalue weighted by molar-refractivity contribution is 5.98. The number of carbonyl (C=O) groups is 3. The maximum atomic E-state index is 12.4. The normalized spacial score (nSPS) is 16.4. The van der Waals surface area contributed by atoms with E-state index in [2.05, 4.69) is 34.7 Å². The second-order valence-corrected chi connectivity index (χ2v) is 9.22. The van der Waals surface area contributed by atoms with E-state index in [0.717, 1.165) is 17.7 Å². The van der Waals surface area contributed by atoms with Crippen LogP contribution < -0.4 is 20.4 Å². The molecule has 2 aromatic carbocycles. The molecule has 2 aliphatic rings. The van der Waals surface area contributed by atoms with Crippen LogP contribution in [0.25, 0.3) is 0 Å². The molecule has 1 aliphatic heterocycles. The number of benzene rings is 2. The van der Waals surface area contributed by atoms with Crippen LogP contribution in [0.5, 0.6) is 0 Å². The molecule has 0 spiro atoms. The molecule has 2 fully saturated rings. The molecule has 7 heteroatoms. The Balaban J connectivity index is 1.20. The van der Waals surface area contributed by atoms with Crippen molar-refractivity contribution in [2.75, 3.05) is 29.9 Å². The van der Waals surface area contributed by atoms with Crippen molar-refractivity contribution >= 4 is 29.1 Å². The minimum atomic E-state index is -0.315. The molecule has 7 nitrogen and oxygen atoms in total. The topological polar surface area (TPSA) is 81.8 Å². The zero-order valence-corrected chi connectivity index (χ0v) is 19.9. The number of nitrogens with one attached hydrogen (secondary N) is 2. The molecule has 34 heavy (non-hydrogen) atoms. The Morgan fingerprint density at radius 2 is 1.65 bits per heavy atom. The third-order valence-corrected chi connectivity index (χ3v) is 6.88. The van der Waals surface area contributed by atoms with E-state index in [0.29, 0.717) is 31.1 Å². The van der Waals surface area contributed by atoms with Crippen LogP contribution in [0.15, 0.2) is 48.5 Å². The third-order valence-electron chi connectivity index (χ3n) is 6.88. The van der Waals surface area contributed by atoms with Gasteiger partial charge in [0.05, 0.1) is 6.54 Å². The predicted molar refractivity (Wildman–Crippen MR) is 134 cm³/mol. The molecule has 4 rings (SSSR count). The highest BCUT2D eigenvalue weighted by atomic mass is 16.2. The van der Waals surface area contributed by atoms with E-state index >= 15 is 0 Å². The van der Waals surface area contributed by atoms with Crippen LogP contribution in [0.3, 0.4) is 0 Å². The molecule has 0 bridgehead atoms. The summed E-state index contributed by atoms with van der Waals surface area (Å²) in [5.74, 6) is -0.444. The van der Waals surface area contributed by atoms with E-state index in [9.17, 15) is 14.4 Å². The first-order valence-corrected chi connectivity index (χ1v) is 12.3. The Bertz CT molecular complexity index is 998. The summed E-state index contributed by atoms with van der Waals surface area (Å²) in [7, 11) is 2.16. The standard InChI is InChI=1S/C27H34N4O3/c1-30(22-6-3-2-4-7-22)23-13-9-20(10-14-23)18-28-25(32)19-29-27(34)21-11-15-24(16-12-21)31-17-5-8-26(31)33/h9-16,22H,2-8,17-19H2,1H3,(H,28,32)(H,29,34). The molecule has 0 radical (unpaired) electrons. The first-order valence-electron chi connectivity index (χ1n) is 12.3. The fourth-order valence-corrected chi connectivity index (χ4v) is 4.77. The van der Waals surface area contributed by atoms with Crippen molar-refractivity contribution in [3.63, 3.8) is 0 Å². The van der Waals surface area contributed by atoms with Gasteiger partial charge in [0.25, 0.3) is 5.91 Å². The number of hydrogen-bond donors (Lipinski definition) is 2. The summed E-state index contributed by atoms with van der Waals surface area (Å²) in [6, 6.07) is 15.8. The van der Waals surface area contributed by atoms with Gasteiger partial charge in [0, 0.05) is 49.5 Å². The minimum Gasteiger partial charge on any atom is -0.372 e. The number of rotatable bonds is 8. The first kappa shape index (κ1) is 23.8. The lowest BCUT2D eigenvalue weighted by Crippen LogP contribution is -2.36. The van der Waals surface area contributed by atoms with Gasteiger partial charge in [-0.15, -0.1) is 0 Å². The van der Waals surface area contributed by atoms with Crippen LogP contribution in [0.1, 0.15) is 60.9 Å². The summed E-state index contributed by atoms with van der Waals surface area (Å²) >= 11 is 0. The highest BCUT2D eigenvalue weighted by Crippen LogP contribution is 2.26. The zero-order valence-electron chi connectivity index (χ0n) is 19.9. The van der Waals surface area contributed by atoms with Crippen LogP contribution in [0, 0.1) is 0 Å². The summed E-state index contributed by atoms with van der Waals surface area (Å²) in [6.45, 7) is 1.04. The van der Waals surface area contributed by atoms with Gasteiger partial charge in [-0.2, -0.15) is 0 Å². The van der Waals surface area contributed by atoms with Crippen molar-refractivity contribution in [1.82, 2.24) is 10.6 Å². The summed E-state index contributed by atoms with van der Waals surface area (Å²) < 4.78 is 0. The van der Waals surface area contributed by atoms with E-state index in [1.165, 1.54) is 37.8 Å². The van der Waals surface area contributed by atoms with Gasteiger partial charge in [0.15, 0.2) is 0 Å². The molecular weight excluding hydrogens is 428 g/mol. The van der Waals surface area contributed by atoms with Crippen molar-refractivity contribution in [3.8, 4) is 0 Å². The quantitative estimate of drug-likeness (QED) is 0.628. The highest BCUT2D eigenvalue weighted by Gasteiger charge is 2.22. The monoisotopic (exact) mass is 462 g/mol. The van der Waals surface area contributed by atoms with E-state index in [1.807, 2.05) is 12.1 Å². The van der Waals surface area contributed by atoms with E-state index in [-0.39, 0.29) is 24.3 Å². The second-order valence-electron chi connectivity index (χ2n) is 9.22. The van der Waals surface area contributed by atoms with Gasteiger partial charge in [-0.25, -0.2) is 0 Å². The second kappa shape index (κ2) is 11.2. The number of hydrogen-bond acceptors (Lipinski definition) is 4. The molecule has 1 saturated heterocycles. The van der Waals surface area contributed by atoms with Crippen LogP contribution in [-0.2, 0) is 16.1 Å². The van der Waals surface area contributed by atoms with Crippen molar-refractivity contribution in [1.29, 1.82) is 0 Å². The summed E-state index contributed by atoms with van der Waals surface area (Å²) in [5.41, 5.74) is 3.48. The van der Waals surface area contributed by atoms with Gasteiger partial charge in [-0.3, -0.25) is 14.4 Å². The summed E-state index contributed by atoms with van der Waals surface area (Å²) in [5, 5.41) is 5.51. The maximum Gasteiger partial charge on any atom is 0.251 e. The molecule has 3 amide bonds. The molecule has 1 saturated carbocycles. The van der Waals surface area contributed by atoms with Crippen LogP contribution >= 0.6 is 0 Å². The Kier molecular flexibility index (Phi) is 7.83. The lowest BCUT2D eigenvalue weighted by molar-refractivity contribution is -0.120. The maximum absolute atomic E-state index is 12.4. The first-order chi connectivity index (χ1) is 16.5. The van der Waals surface area contributed by atoms with E-state index in [4.69, 9.17) is 0 Å². The molecular formula is C27H34N4O3. The summed E-state index contributed by atoms with van der Waals surface area (Å²) in [4.78, 5) is 40.5. The number of anilines is 2. The molecule has 2 aromatic rings. The Hall–Kier alpha value is -3.35. The average molecular weight is 463 g/mol. The van der Waals surface area contributed by atoms with Gasteiger partial charge in [0.2, 0.25) is 11.8 Å². The Morgan fingerprint density at radius 1 is 0.941 bits per heavy atom. The largest absolute Gasteiger partial charge is 0.372 e. The summed E-state index contributed by atoms with van der Waals surface area (Å²) in [6.07, 6.45) is 7.89. The average Bonchev–Trinajstić information content (AvgIpc) is 3.32. The Labute approximate surface area is 201 Å². The van der Waals surface area contributed by atoms with Gasteiger partial charge >= 0.3 is 0 Å². The Morgan fingerprint density at radius 3 is 2.29 bits per heavy atom. The fourth-order valence-electron chi connectivity index (χ4n) is 4.77. The molecule has 0 atom stereocenters.